The number of hydrogen-bond acceptors (Lipinski definition) is 6. The Morgan fingerprint density at radius 3 is 1.16 bits per heavy atom. The summed E-state index contributed by atoms with van der Waals surface area (Å²) < 4.78 is 6.26. The highest BCUT2D eigenvalue weighted by molar-refractivity contribution is 5.99. The molecule has 8 nitrogen and oxygen atoms in total. The van der Waals surface area contributed by atoms with Crippen molar-refractivity contribution >= 4 is 46.4 Å². The Kier molecular flexibility index (Phi) is 12.3. The van der Waals surface area contributed by atoms with Gasteiger partial charge in [-0.15, -0.1) is 0 Å². The first-order valence-electron chi connectivity index (χ1n) is 21.8. The molecule has 8 bridgehead atoms. The Hall–Kier alpha value is -6.93. The Morgan fingerprint density at radius 2 is 0.787 bits per heavy atom. The van der Waals surface area contributed by atoms with Gasteiger partial charge in [-0.3, -0.25) is 15.0 Å². The van der Waals surface area contributed by atoms with Crippen LogP contribution in [0.25, 0.3) is 90.9 Å². The van der Waals surface area contributed by atoms with Gasteiger partial charge in [-0.2, -0.15) is 0 Å². The van der Waals surface area contributed by atoms with Crippen LogP contribution in [0.3, 0.4) is 0 Å². The van der Waals surface area contributed by atoms with Gasteiger partial charge >= 0.3 is 0 Å². The number of pyridine rings is 3. The van der Waals surface area contributed by atoms with Crippen LogP contribution in [0.1, 0.15) is 93.9 Å². The van der Waals surface area contributed by atoms with Gasteiger partial charge in [0.05, 0.1) is 29.4 Å². The maximum atomic E-state index is 6.26. The highest BCUT2D eigenvalue weighted by Gasteiger charge is 2.19. The van der Waals surface area contributed by atoms with Gasteiger partial charge in [0, 0.05) is 98.2 Å². The zero-order valence-corrected chi connectivity index (χ0v) is 34.8. The molecule has 2 aliphatic rings. The molecule has 9 rings (SSSR count). The summed E-state index contributed by atoms with van der Waals surface area (Å²) in [4.78, 5) is 31.8. The number of benzene rings is 1. The van der Waals surface area contributed by atoms with Crippen LogP contribution in [0, 0.1) is 0 Å². The summed E-state index contributed by atoms with van der Waals surface area (Å²) in [5.41, 5.74) is 14.8. The number of fused-ring (bicyclic) bond motifs is 8. The second kappa shape index (κ2) is 19.0. The van der Waals surface area contributed by atoms with Crippen LogP contribution in [0.4, 0.5) is 0 Å². The van der Waals surface area contributed by atoms with Crippen molar-refractivity contribution in [3.8, 4) is 50.3 Å². The number of aromatic nitrogens is 7. The van der Waals surface area contributed by atoms with E-state index in [4.69, 9.17) is 14.7 Å². The number of nitrogens with zero attached hydrogens (tertiary/aromatic N) is 5. The minimum Gasteiger partial charge on any atom is -0.494 e. The van der Waals surface area contributed by atoms with Crippen molar-refractivity contribution in [3.63, 3.8) is 0 Å². The van der Waals surface area contributed by atoms with E-state index in [2.05, 4.69) is 123 Å². The summed E-state index contributed by atoms with van der Waals surface area (Å²) >= 11 is 0. The van der Waals surface area contributed by atoms with Gasteiger partial charge in [0.2, 0.25) is 0 Å². The van der Waals surface area contributed by atoms with Crippen molar-refractivity contribution in [2.75, 3.05) is 6.61 Å². The van der Waals surface area contributed by atoms with E-state index >= 15 is 0 Å². The van der Waals surface area contributed by atoms with Crippen molar-refractivity contribution in [2.45, 2.75) is 71.1 Å². The first kappa shape index (κ1) is 39.5. The molecule has 0 unspecified atom stereocenters. The average molecular weight is 802 g/mol. The molecule has 8 heteroatoms. The predicted molar refractivity (Wildman–Crippen MR) is 251 cm³/mol. The van der Waals surface area contributed by atoms with Gasteiger partial charge in [0.1, 0.15) is 5.75 Å². The lowest BCUT2D eigenvalue weighted by atomic mass is 10.0. The fourth-order valence-electron chi connectivity index (χ4n) is 8.45. The highest BCUT2D eigenvalue weighted by atomic mass is 16.5. The van der Waals surface area contributed by atoms with E-state index < -0.39 is 0 Å². The summed E-state index contributed by atoms with van der Waals surface area (Å²) in [7, 11) is 0. The molecule has 61 heavy (non-hydrogen) atoms. The molecule has 0 amide bonds. The van der Waals surface area contributed by atoms with Crippen LogP contribution in [-0.4, -0.2) is 41.5 Å². The molecule has 0 atom stereocenters. The number of unbranched alkanes of at least 4 members (excludes halogenated alkanes) is 9. The van der Waals surface area contributed by atoms with Crippen molar-refractivity contribution in [2.24, 2.45) is 0 Å². The minimum atomic E-state index is 0.722. The topological polar surface area (TPSA) is 105 Å². The largest absolute Gasteiger partial charge is 0.494 e. The number of aromatic amines is 2. The summed E-state index contributed by atoms with van der Waals surface area (Å²) in [5.74, 6) is 0.874. The summed E-state index contributed by atoms with van der Waals surface area (Å²) in [5, 5.41) is 0. The van der Waals surface area contributed by atoms with Gasteiger partial charge < -0.3 is 14.7 Å². The Bertz CT molecular complexity index is 2770. The monoisotopic (exact) mass is 801 g/mol. The van der Waals surface area contributed by atoms with Crippen LogP contribution in [0.15, 0.2) is 122 Å². The fraction of sp³-hybridized carbons (Fsp3) is 0.226. The molecule has 0 saturated heterocycles. The first-order chi connectivity index (χ1) is 30.2. The second-order valence-electron chi connectivity index (χ2n) is 15.8. The molecule has 6 aromatic heterocycles. The maximum Gasteiger partial charge on any atom is 0.119 e. The summed E-state index contributed by atoms with van der Waals surface area (Å²) in [6, 6.07) is 29.1. The molecule has 7 aromatic rings. The molecule has 2 aliphatic heterocycles. The third-order valence-electron chi connectivity index (χ3n) is 11.5. The zero-order chi connectivity index (χ0) is 41.2. The van der Waals surface area contributed by atoms with Crippen LogP contribution in [-0.2, 0) is 0 Å². The van der Waals surface area contributed by atoms with Crippen molar-refractivity contribution in [1.29, 1.82) is 0 Å². The Balaban J connectivity index is 1.16. The number of nitrogens with one attached hydrogen (secondary N) is 2. The molecule has 8 heterocycles. The van der Waals surface area contributed by atoms with E-state index in [9.17, 15) is 0 Å². The molecule has 304 valence electrons. The van der Waals surface area contributed by atoms with E-state index in [1.165, 1.54) is 57.8 Å². The molecule has 0 radical (unpaired) electrons. The van der Waals surface area contributed by atoms with E-state index in [0.29, 0.717) is 0 Å². The quantitative estimate of drug-likeness (QED) is 0.0943. The van der Waals surface area contributed by atoms with Crippen molar-refractivity contribution in [3.05, 3.63) is 145 Å². The zero-order valence-electron chi connectivity index (χ0n) is 34.8. The van der Waals surface area contributed by atoms with Crippen LogP contribution in [0.5, 0.6) is 5.75 Å². The second-order valence-corrected chi connectivity index (χ2v) is 15.8. The van der Waals surface area contributed by atoms with Gasteiger partial charge in [0.25, 0.3) is 0 Å². The third-order valence-corrected chi connectivity index (χ3v) is 11.5. The lowest BCUT2D eigenvalue weighted by molar-refractivity contribution is 0.304. The molecular formula is C53H51N7O. The Labute approximate surface area is 357 Å². The standard InChI is InChI=1S/C53H51N7O/c1-2-3-4-5-6-7-8-9-10-11-33-61-41-20-18-37(19-21-41)50-42-22-24-44(57-42)51(38-15-12-30-54-34-38)46-26-28-48(59-46)53(40-17-14-32-56-36-40)49-29-27-47(60-49)52(39-16-13-31-55-35-39)45-25-23-43(50)58-45/h12-32,34-36,57,60H,2-11,33H2,1H3. The number of H-pyrrole nitrogens is 2. The van der Waals surface area contributed by atoms with Gasteiger partial charge in [-0.25, -0.2) is 9.97 Å². The smallest absolute Gasteiger partial charge is 0.119 e. The molecular weight excluding hydrogens is 751 g/mol. The SMILES string of the molecule is CCCCCCCCCCCCOc1ccc(-c2c3nc(c(-c4cccnc4)c4ccc([nH]4)c(-c4cccnc4)c4nc(c(-c5cccnc5)c5ccc2[nH]5)C=C4)C=C3)cc1. The van der Waals surface area contributed by atoms with E-state index in [1.54, 1.807) is 18.6 Å². The van der Waals surface area contributed by atoms with Crippen LogP contribution in [0.2, 0.25) is 0 Å². The van der Waals surface area contributed by atoms with Gasteiger partial charge in [0.15, 0.2) is 0 Å². The molecule has 0 aliphatic carbocycles. The van der Waals surface area contributed by atoms with E-state index in [1.807, 2.05) is 36.8 Å². The van der Waals surface area contributed by atoms with E-state index in [-0.39, 0.29) is 0 Å². The van der Waals surface area contributed by atoms with E-state index in [0.717, 1.165) is 108 Å². The van der Waals surface area contributed by atoms with Gasteiger partial charge in [-0.05, 0) is 90.9 Å². The molecule has 0 spiro atoms. The lowest BCUT2D eigenvalue weighted by Crippen LogP contribution is -1.97. The van der Waals surface area contributed by atoms with Crippen molar-refractivity contribution < 1.29 is 4.74 Å². The number of ether oxygens (including phenoxy) is 1. The Morgan fingerprint density at radius 1 is 0.410 bits per heavy atom. The third kappa shape index (κ3) is 8.99. The minimum absolute atomic E-state index is 0.722. The number of rotatable bonds is 16. The van der Waals surface area contributed by atoms with Crippen LogP contribution >= 0.6 is 0 Å². The normalized spacial score (nSPS) is 12.0. The highest BCUT2D eigenvalue weighted by Crippen LogP contribution is 2.38. The van der Waals surface area contributed by atoms with Crippen LogP contribution < -0.4 is 4.74 Å². The average Bonchev–Trinajstić information content (AvgIpc) is 4.16. The molecule has 0 saturated carbocycles. The first-order valence-corrected chi connectivity index (χ1v) is 21.8. The predicted octanol–water partition coefficient (Wildman–Crippen LogP) is 13.8. The maximum absolute atomic E-state index is 6.26. The van der Waals surface area contributed by atoms with Gasteiger partial charge in [-0.1, -0.05) is 95.0 Å². The number of hydrogen-bond donors (Lipinski definition) is 2. The molecule has 0 fully saturated rings. The summed E-state index contributed by atoms with van der Waals surface area (Å²) in [6.07, 6.45) is 32.5. The summed E-state index contributed by atoms with van der Waals surface area (Å²) in [6.45, 7) is 3.00. The fourth-order valence-corrected chi connectivity index (χ4v) is 8.45. The molecule has 2 N–H and O–H groups in total. The van der Waals surface area contributed by atoms with Crippen molar-refractivity contribution in [1.82, 2.24) is 34.9 Å². The lowest BCUT2D eigenvalue weighted by Gasteiger charge is -2.09. The molecule has 1 aromatic carbocycles.